The Balaban J connectivity index is 2.35. The maximum absolute atomic E-state index is 12.5. The van der Waals surface area contributed by atoms with E-state index in [4.69, 9.17) is 0 Å². The third-order valence-corrected chi connectivity index (χ3v) is 1.88. The Morgan fingerprint density at radius 2 is 2.22 bits per heavy atom. The normalized spacial score (nSPS) is 34.3. The van der Waals surface area contributed by atoms with E-state index < -0.39 is 6.17 Å². The molecule has 1 N–H and O–H groups in total. The molecule has 1 unspecified atom stereocenters. The molecule has 9 heavy (non-hydrogen) atoms. The van der Waals surface area contributed by atoms with Crippen LogP contribution in [0.3, 0.4) is 0 Å². The molecule has 1 saturated heterocycles. The summed E-state index contributed by atoms with van der Waals surface area (Å²) in [5, 5.41) is 3.13. The molecule has 1 aliphatic heterocycles. The van der Waals surface area contributed by atoms with Crippen LogP contribution in [0, 0.1) is 0 Å². The van der Waals surface area contributed by atoms with Gasteiger partial charge in [0.15, 0.2) is 0 Å². The minimum Gasteiger partial charge on any atom is -0.309 e. The number of hydrogen-bond donors (Lipinski definition) is 1. The predicted octanol–water partition coefficient (Wildman–Crippen LogP) is 1.49. The van der Waals surface area contributed by atoms with Crippen LogP contribution in [-0.2, 0) is 0 Å². The molecule has 1 atom stereocenters. The molecule has 1 nitrogen and oxygen atoms in total. The molecular weight excluding hydrogens is 117 g/mol. The van der Waals surface area contributed by atoms with Gasteiger partial charge in [0.1, 0.15) is 6.17 Å². The van der Waals surface area contributed by atoms with Crippen LogP contribution in [-0.4, -0.2) is 18.3 Å². The summed E-state index contributed by atoms with van der Waals surface area (Å²) in [7, 11) is 0. The molecule has 0 radical (unpaired) electrons. The maximum Gasteiger partial charge on any atom is 0.113 e. The van der Waals surface area contributed by atoms with Gasteiger partial charge in [-0.05, 0) is 26.7 Å². The summed E-state index contributed by atoms with van der Waals surface area (Å²) in [4.78, 5) is 0. The van der Waals surface area contributed by atoms with Crippen molar-refractivity contribution in [1.82, 2.24) is 5.32 Å². The summed E-state index contributed by atoms with van der Waals surface area (Å²) in [6.45, 7) is 4.75. The van der Waals surface area contributed by atoms with E-state index in [-0.39, 0.29) is 5.54 Å². The highest BCUT2D eigenvalue weighted by atomic mass is 19.1. The molecule has 1 rings (SSSR count). The Morgan fingerprint density at radius 3 is 2.56 bits per heavy atom. The molecule has 1 heterocycles. The quantitative estimate of drug-likeness (QED) is 0.525. The SMILES string of the molecule is CC1(C)CCC(F)CN1. The highest BCUT2D eigenvalue weighted by Crippen LogP contribution is 2.19. The summed E-state index contributed by atoms with van der Waals surface area (Å²) in [5.41, 5.74) is 0.169. The van der Waals surface area contributed by atoms with E-state index in [2.05, 4.69) is 19.2 Å². The monoisotopic (exact) mass is 131 g/mol. The largest absolute Gasteiger partial charge is 0.309 e. The van der Waals surface area contributed by atoms with Gasteiger partial charge < -0.3 is 5.32 Å². The third kappa shape index (κ3) is 1.94. The van der Waals surface area contributed by atoms with E-state index in [0.717, 1.165) is 12.8 Å². The van der Waals surface area contributed by atoms with Crippen LogP contribution in [0.2, 0.25) is 0 Å². The van der Waals surface area contributed by atoms with Crippen LogP contribution in [0.5, 0.6) is 0 Å². The van der Waals surface area contributed by atoms with Crippen LogP contribution in [0.15, 0.2) is 0 Å². The van der Waals surface area contributed by atoms with Crippen LogP contribution in [0.25, 0.3) is 0 Å². The predicted molar refractivity (Wildman–Crippen MR) is 36.2 cm³/mol. The Labute approximate surface area is 55.6 Å². The fraction of sp³-hybridized carbons (Fsp3) is 1.00. The van der Waals surface area contributed by atoms with Crippen LogP contribution in [0.1, 0.15) is 26.7 Å². The van der Waals surface area contributed by atoms with Crippen molar-refractivity contribution in [1.29, 1.82) is 0 Å². The summed E-state index contributed by atoms with van der Waals surface area (Å²) < 4.78 is 12.5. The lowest BCUT2D eigenvalue weighted by Gasteiger charge is -2.32. The van der Waals surface area contributed by atoms with Crippen LogP contribution in [0.4, 0.5) is 4.39 Å². The van der Waals surface area contributed by atoms with E-state index in [1.54, 1.807) is 0 Å². The second-order valence-electron chi connectivity index (χ2n) is 3.40. The first-order valence-corrected chi connectivity index (χ1v) is 3.49. The standard InChI is InChI=1S/C7H14FN/c1-7(2)4-3-6(8)5-9-7/h6,9H,3-5H2,1-2H3. The van der Waals surface area contributed by atoms with Crippen molar-refractivity contribution in [2.24, 2.45) is 0 Å². The van der Waals surface area contributed by atoms with Gasteiger partial charge in [-0.25, -0.2) is 4.39 Å². The summed E-state index contributed by atoms with van der Waals surface area (Å²) in [6, 6.07) is 0. The van der Waals surface area contributed by atoms with Crippen molar-refractivity contribution in [3.63, 3.8) is 0 Å². The molecule has 0 amide bonds. The molecule has 54 valence electrons. The zero-order valence-electron chi connectivity index (χ0n) is 6.08. The first-order valence-electron chi connectivity index (χ1n) is 3.49. The molecule has 0 aromatic carbocycles. The number of halogens is 1. The second kappa shape index (κ2) is 2.25. The zero-order valence-corrected chi connectivity index (χ0v) is 6.08. The molecule has 2 heteroatoms. The van der Waals surface area contributed by atoms with Gasteiger partial charge in [0.2, 0.25) is 0 Å². The van der Waals surface area contributed by atoms with Gasteiger partial charge >= 0.3 is 0 Å². The highest BCUT2D eigenvalue weighted by molar-refractivity contribution is 4.84. The van der Waals surface area contributed by atoms with Crippen molar-refractivity contribution in [3.8, 4) is 0 Å². The van der Waals surface area contributed by atoms with Crippen molar-refractivity contribution >= 4 is 0 Å². The molecule has 0 aromatic heterocycles. The summed E-state index contributed by atoms with van der Waals surface area (Å²) in [5.74, 6) is 0. The average Bonchev–Trinajstić information content (AvgIpc) is 1.78. The smallest absolute Gasteiger partial charge is 0.113 e. The first-order chi connectivity index (χ1) is 4.10. The number of hydrogen-bond acceptors (Lipinski definition) is 1. The molecular formula is C7H14FN. The number of rotatable bonds is 0. The van der Waals surface area contributed by atoms with Gasteiger partial charge in [-0.2, -0.15) is 0 Å². The molecule has 0 aromatic rings. The van der Waals surface area contributed by atoms with E-state index in [1.165, 1.54) is 0 Å². The van der Waals surface area contributed by atoms with Gasteiger partial charge in [0.25, 0.3) is 0 Å². The van der Waals surface area contributed by atoms with Crippen LogP contribution >= 0.6 is 0 Å². The summed E-state index contributed by atoms with van der Waals surface area (Å²) in [6.07, 6.45) is 1.06. The van der Waals surface area contributed by atoms with Crippen molar-refractivity contribution in [2.45, 2.75) is 38.4 Å². The Morgan fingerprint density at radius 1 is 1.56 bits per heavy atom. The van der Waals surface area contributed by atoms with Crippen LogP contribution < -0.4 is 5.32 Å². The van der Waals surface area contributed by atoms with Gasteiger partial charge in [-0.15, -0.1) is 0 Å². The van der Waals surface area contributed by atoms with E-state index in [0.29, 0.717) is 6.54 Å². The maximum atomic E-state index is 12.5. The van der Waals surface area contributed by atoms with Crippen molar-refractivity contribution in [2.75, 3.05) is 6.54 Å². The molecule has 0 spiro atoms. The minimum atomic E-state index is -0.613. The third-order valence-electron chi connectivity index (χ3n) is 1.88. The molecule has 1 fully saturated rings. The highest BCUT2D eigenvalue weighted by Gasteiger charge is 2.25. The van der Waals surface area contributed by atoms with Gasteiger partial charge in [-0.3, -0.25) is 0 Å². The first kappa shape index (κ1) is 7.00. The van der Waals surface area contributed by atoms with Crippen molar-refractivity contribution in [3.05, 3.63) is 0 Å². The van der Waals surface area contributed by atoms with Gasteiger partial charge in [0.05, 0.1) is 0 Å². The van der Waals surface area contributed by atoms with Gasteiger partial charge in [0, 0.05) is 12.1 Å². The lowest BCUT2D eigenvalue weighted by Crippen LogP contribution is -2.47. The summed E-state index contributed by atoms with van der Waals surface area (Å²) >= 11 is 0. The van der Waals surface area contributed by atoms with E-state index >= 15 is 0 Å². The Hall–Kier alpha value is -0.110. The lowest BCUT2D eigenvalue weighted by atomic mass is 9.93. The van der Waals surface area contributed by atoms with E-state index in [9.17, 15) is 4.39 Å². The van der Waals surface area contributed by atoms with E-state index in [1.807, 2.05) is 0 Å². The minimum absolute atomic E-state index is 0.169. The average molecular weight is 131 g/mol. The van der Waals surface area contributed by atoms with Gasteiger partial charge in [-0.1, -0.05) is 0 Å². The molecule has 0 aliphatic carbocycles. The molecule has 0 saturated carbocycles. The number of piperidine rings is 1. The Kier molecular flexibility index (Phi) is 1.75. The molecule has 1 aliphatic rings. The van der Waals surface area contributed by atoms with Crippen molar-refractivity contribution < 1.29 is 4.39 Å². The second-order valence-corrected chi connectivity index (χ2v) is 3.40. The molecule has 0 bridgehead atoms. The Bertz CT molecular complexity index is 91.1. The fourth-order valence-electron chi connectivity index (χ4n) is 1.09. The topological polar surface area (TPSA) is 12.0 Å². The zero-order chi connectivity index (χ0) is 6.91. The fourth-order valence-corrected chi connectivity index (χ4v) is 1.09. The lowest BCUT2D eigenvalue weighted by molar-refractivity contribution is 0.191. The number of alkyl halides is 1. The number of nitrogens with one attached hydrogen (secondary N) is 1.